The minimum atomic E-state index is 0.191. The monoisotopic (exact) mass is 232 g/mol. The Morgan fingerprint density at radius 3 is 2.88 bits per heavy atom. The molecule has 0 spiro atoms. The van der Waals surface area contributed by atoms with Gasteiger partial charge < -0.3 is 14.6 Å². The molecule has 17 heavy (non-hydrogen) atoms. The van der Waals surface area contributed by atoms with E-state index >= 15 is 0 Å². The van der Waals surface area contributed by atoms with Crippen molar-refractivity contribution in [3.05, 3.63) is 47.9 Å². The van der Waals surface area contributed by atoms with Crippen molar-refractivity contribution in [2.75, 3.05) is 7.11 Å². The standard InChI is InChI=1S/C13H16N2O2/c1-10(14-9-11-7-8-15-17-11)12-5-3-4-6-13(12)16-2/h3-8,10,14H,9H2,1-2H3. The quantitative estimate of drug-likeness (QED) is 0.860. The zero-order chi connectivity index (χ0) is 12.1. The van der Waals surface area contributed by atoms with Crippen LogP contribution in [0.2, 0.25) is 0 Å². The van der Waals surface area contributed by atoms with E-state index in [0.717, 1.165) is 17.1 Å². The van der Waals surface area contributed by atoms with Gasteiger partial charge in [0.2, 0.25) is 0 Å². The van der Waals surface area contributed by atoms with Crippen LogP contribution < -0.4 is 10.1 Å². The molecular formula is C13H16N2O2. The summed E-state index contributed by atoms with van der Waals surface area (Å²) < 4.78 is 10.4. The van der Waals surface area contributed by atoms with Crippen LogP contribution in [0.5, 0.6) is 5.75 Å². The van der Waals surface area contributed by atoms with Gasteiger partial charge in [0.05, 0.1) is 19.9 Å². The first kappa shape index (κ1) is 11.7. The molecule has 0 bridgehead atoms. The molecule has 0 amide bonds. The number of para-hydroxylation sites is 1. The molecule has 0 aliphatic carbocycles. The predicted molar refractivity (Wildman–Crippen MR) is 64.8 cm³/mol. The van der Waals surface area contributed by atoms with Crippen LogP contribution in [0.4, 0.5) is 0 Å². The topological polar surface area (TPSA) is 47.3 Å². The van der Waals surface area contributed by atoms with Crippen LogP contribution in [-0.2, 0) is 6.54 Å². The SMILES string of the molecule is COc1ccccc1C(C)NCc1ccno1. The first-order chi connectivity index (χ1) is 8.31. The van der Waals surface area contributed by atoms with E-state index in [2.05, 4.69) is 23.5 Å². The summed E-state index contributed by atoms with van der Waals surface area (Å²) in [6.07, 6.45) is 1.64. The molecule has 1 N–H and O–H groups in total. The van der Waals surface area contributed by atoms with E-state index in [9.17, 15) is 0 Å². The lowest BCUT2D eigenvalue weighted by molar-refractivity contribution is 0.362. The number of nitrogens with one attached hydrogen (secondary N) is 1. The van der Waals surface area contributed by atoms with Gasteiger partial charge >= 0.3 is 0 Å². The third-order valence-electron chi connectivity index (χ3n) is 2.68. The zero-order valence-electron chi connectivity index (χ0n) is 10.0. The molecule has 0 fully saturated rings. The fourth-order valence-electron chi connectivity index (χ4n) is 1.72. The zero-order valence-corrected chi connectivity index (χ0v) is 10.0. The Bertz CT molecular complexity index is 454. The number of benzene rings is 1. The maximum absolute atomic E-state index is 5.33. The van der Waals surface area contributed by atoms with Gasteiger partial charge in [-0.3, -0.25) is 0 Å². The lowest BCUT2D eigenvalue weighted by Crippen LogP contribution is -2.18. The highest BCUT2D eigenvalue weighted by Crippen LogP contribution is 2.24. The summed E-state index contributed by atoms with van der Waals surface area (Å²) in [5, 5.41) is 7.03. The van der Waals surface area contributed by atoms with E-state index in [-0.39, 0.29) is 6.04 Å². The number of methoxy groups -OCH3 is 1. The Kier molecular flexibility index (Phi) is 3.77. The Hall–Kier alpha value is -1.81. The summed E-state index contributed by atoms with van der Waals surface area (Å²) in [5.74, 6) is 1.72. The summed E-state index contributed by atoms with van der Waals surface area (Å²) in [5.41, 5.74) is 1.13. The first-order valence-corrected chi connectivity index (χ1v) is 5.57. The van der Waals surface area contributed by atoms with Crippen LogP contribution in [0, 0.1) is 0 Å². The van der Waals surface area contributed by atoms with Crippen molar-refractivity contribution < 1.29 is 9.26 Å². The number of aromatic nitrogens is 1. The maximum atomic E-state index is 5.33. The minimum Gasteiger partial charge on any atom is -0.496 e. The number of hydrogen-bond donors (Lipinski definition) is 1. The van der Waals surface area contributed by atoms with Crippen molar-refractivity contribution >= 4 is 0 Å². The van der Waals surface area contributed by atoms with Crippen LogP contribution in [0.1, 0.15) is 24.3 Å². The van der Waals surface area contributed by atoms with Gasteiger partial charge in [-0.1, -0.05) is 23.4 Å². The van der Waals surface area contributed by atoms with Crippen molar-refractivity contribution in [2.45, 2.75) is 19.5 Å². The second-order valence-corrected chi connectivity index (χ2v) is 3.82. The Morgan fingerprint density at radius 1 is 1.35 bits per heavy atom. The summed E-state index contributed by atoms with van der Waals surface area (Å²) in [4.78, 5) is 0. The van der Waals surface area contributed by atoms with Gasteiger partial charge in [0.15, 0.2) is 0 Å². The molecule has 0 aliphatic heterocycles. The molecule has 90 valence electrons. The smallest absolute Gasteiger partial charge is 0.150 e. The summed E-state index contributed by atoms with van der Waals surface area (Å²) in [7, 11) is 1.68. The van der Waals surface area contributed by atoms with Crippen molar-refractivity contribution in [2.24, 2.45) is 0 Å². The second-order valence-electron chi connectivity index (χ2n) is 3.82. The van der Waals surface area contributed by atoms with Gasteiger partial charge in [-0.05, 0) is 13.0 Å². The van der Waals surface area contributed by atoms with Crippen molar-refractivity contribution in [1.29, 1.82) is 0 Å². The second kappa shape index (κ2) is 5.50. The Labute approximate surface area is 101 Å². The molecule has 0 saturated carbocycles. The van der Waals surface area contributed by atoms with E-state index in [1.54, 1.807) is 13.3 Å². The predicted octanol–water partition coefficient (Wildman–Crippen LogP) is 2.53. The molecule has 4 heteroatoms. The average molecular weight is 232 g/mol. The lowest BCUT2D eigenvalue weighted by Gasteiger charge is -2.16. The third kappa shape index (κ3) is 2.85. The molecule has 2 rings (SSSR count). The van der Waals surface area contributed by atoms with E-state index in [4.69, 9.17) is 9.26 Å². The summed E-state index contributed by atoms with van der Waals surface area (Å²) in [6, 6.07) is 10.0. The number of nitrogens with zero attached hydrogens (tertiary/aromatic N) is 1. The number of rotatable bonds is 5. The van der Waals surface area contributed by atoms with Crippen LogP contribution in [0.25, 0.3) is 0 Å². The third-order valence-corrected chi connectivity index (χ3v) is 2.68. The van der Waals surface area contributed by atoms with Gasteiger partial charge in [0, 0.05) is 17.7 Å². The molecule has 4 nitrogen and oxygen atoms in total. The average Bonchev–Trinajstić information content (AvgIpc) is 2.89. The minimum absolute atomic E-state index is 0.191. The number of ether oxygens (including phenoxy) is 1. The van der Waals surface area contributed by atoms with Gasteiger partial charge in [-0.25, -0.2) is 0 Å². The van der Waals surface area contributed by atoms with Crippen LogP contribution in [0.3, 0.4) is 0 Å². The van der Waals surface area contributed by atoms with Crippen molar-refractivity contribution in [1.82, 2.24) is 10.5 Å². The fourth-order valence-corrected chi connectivity index (χ4v) is 1.72. The largest absolute Gasteiger partial charge is 0.496 e. The normalized spacial score (nSPS) is 12.4. The molecule has 1 atom stereocenters. The molecule has 1 unspecified atom stereocenters. The van der Waals surface area contributed by atoms with Gasteiger partial charge in [-0.2, -0.15) is 0 Å². The van der Waals surface area contributed by atoms with Gasteiger partial charge in [-0.15, -0.1) is 0 Å². The number of hydrogen-bond acceptors (Lipinski definition) is 4. The van der Waals surface area contributed by atoms with Crippen molar-refractivity contribution in [3.63, 3.8) is 0 Å². The van der Waals surface area contributed by atoms with Crippen LogP contribution in [-0.4, -0.2) is 12.3 Å². The fraction of sp³-hybridized carbons (Fsp3) is 0.308. The molecular weight excluding hydrogens is 216 g/mol. The Balaban J connectivity index is 2.01. The summed E-state index contributed by atoms with van der Waals surface area (Å²) in [6.45, 7) is 2.74. The molecule has 1 heterocycles. The molecule has 0 saturated heterocycles. The summed E-state index contributed by atoms with van der Waals surface area (Å²) >= 11 is 0. The Morgan fingerprint density at radius 2 is 2.18 bits per heavy atom. The highest BCUT2D eigenvalue weighted by atomic mass is 16.5. The van der Waals surface area contributed by atoms with E-state index in [0.29, 0.717) is 6.54 Å². The van der Waals surface area contributed by atoms with E-state index < -0.39 is 0 Å². The molecule has 1 aromatic carbocycles. The van der Waals surface area contributed by atoms with Crippen LogP contribution >= 0.6 is 0 Å². The molecule has 0 aliphatic rings. The molecule has 2 aromatic rings. The van der Waals surface area contributed by atoms with Gasteiger partial charge in [0.1, 0.15) is 11.5 Å². The maximum Gasteiger partial charge on any atom is 0.150 e. The lowest BCUT2D eigenvalue weighted by atomic mass is 10.1. The highest BCUT2D eigenvalue weighted by molar-refractivity contribution is 5.35. The van der Waals surface area contributed by atoms with Gasteiger partial charge in [0.25, 0.3) is 0 Å². The van der Waals surface area contributed by atoms with E-state index in [1.165, 1.54) is 0 Å². The first-order valence-electron chi connectivity index (χ1n) is 5.57. The molecule has 1 aromatic heterocycles. The van der Waals surface area contributed by atoms with Crippen LogP contribution in [0.15, 0.2) is 41.1 Å². The molecule has 0 radical (unpaired) electrons. The van der Waals surface area contributed by atoms with E-state index in [1.807, 2.05) is 24.3 Å². The van der Waals surface area contributed by atoms with Crippen molar-refractivity contribution in [3.8, 4) is 5.75 Å². The highest BCUT2D eigenvalue weighted by Gasteiger charge is 2.10.